The van der Waals surface area contributed by atoms with Crippen LogP contribution in [-0.2, 0) is 11.3 Å². The molecule has 0 bridgehead atoms. The minimum absolute atomic E-state index is 0.543. The summed E-state index contributed by atoms with van der Waals surface area (Å²) in [4.78, 5) is 16.1. The third kappa shape index (κ3) is 4.25. The quantitative estimate of drug-likeness (QED) is 0.815. The van der Waals surface area contributed by atoms with Crippen LogP contribution in [0.3, 0.4) is 0 Å². The van der Waals surface area contributed by atoms with E-state index >= 15 is 0 Å². The topological polar surface area (TPSA) is 62.2 Å². The van der Waals surface area contributed by atoms with Gasteiger partial charge in [0.05, 0.1) is 7.11 Å². The summed E-state index contributed by atoms with van der Waals surface area (Å²) in [5, 5.41) is 9.13. The zero-order valence-corrected chi connectivity index (χ0v) is 15.1. The van der Waals surface area contributed by atoms with E-state index in [1.165, 1.54) is 39.3 Å². The molecule has 0 radical (unpaired) electrons. The minimum Gasteiger partial charge on any atom is -0.493 e. The molecule has 0 spiro atoms. The molecule has 138 valence electrons. The van der Waals surface area contributed by atoms with Crippen LogP contribution in [0.15, 0.2) is 18.2 Å². The molecule has 1 unspecified atom stereocenters. The highest BCUT2D eigenvalue weighted by Crippen LogP contribution is 2.34. The average molecular weight is 348 g/mol. The summed E-state index contributed by atoms with van der Waals surface area (Å²) in [6.07, 6.45) is 3.08. The maximum atomic E-state index is 11.1. The molecule has 1 aromatic rings. The van der Waals surface area contributed by atoms with Gasteiger partial charge < -0.3 is 14.6 Å². The third-order valence-corrected chi connectivity index (χ3v) is 5.16. The molecule has 1 aromatic carbocycles. The molecule has 1 atom stereocenters. The minimum atomic E-state index is -0.981. The largest absolute Gasteiger partial charge is 0.493 e. The molecule has 0 aromatic heterocycles. The van der Waals surface area contributed by atoms with Crippen molar-refractivity contribution < 1.29 is 19.4 Å². The summed E-state index contributed by atoms with van der Waals surface area (Å²) in [7, 11) is 1.58. The number of ether oxygens (including phenoxy) is 2. The van der Waals surface area contributed by atoms with Crippen molar-refractivity contribution in [3.63, 3.8) is 0 Å². The number of carboxylic acid groups (broad SMARTS) is 1. The predicted molar refractivity (Wildman–Crippen MR) is 95.2 cm³/mol. The Labute approximate surface area is 149 Å². The van der Waals surface area contributed by atoms with Crippen molar-refractivity contribution in [1.29, 1.82) is 0 Å². The van der Waals surface area contributed by atoms with E-state index in [1.54, 1.807) is 13.2 Å². The van der Waals surface area contributed by atoms with Crippen LogP contribution in [0.2, 0.25) is 0 Å². The number of para-hydroxylation sites is 1. The standard InChI is InChI=1S/C19H28N2O4/c1-14(19(22)23)25-18-15(7-6-8-17(18)24-2)11-20-12-16(13-20)21-9-4-3-5-10-21/h6-8,14,16H,3-5,9-13H2,1-2H3,(H,22,23). The van der Waals surface area contributed by atoms with Crippen molar-refractivity contribution in [2.45, 2.75) is 44.9 Å². The number of carboxylic acids is 1. The lowest BCUT2D eigenvalue weighted by atomic mass is 10.0. The van der Waals surface area contributed by atoms with Gasteiger partial charge in [-0.25, -0.2) is 4.79 Å². The number of piperidine rings is 1. The Balaban J connectivity index is 1.63. The van der Waals surface area contributed by atoms with E-state index in [4.69, 9.17) is 14.6 Å². The molecule has 2 aliphatic rings. The zero-order chi connectivity index (χ0) is 17.8. The fourth-order valence-electron chi connectivity index (χ4n) is 3.63. The van der Waals surface area contributed by atoms with Gasteiger partial charge in [0, 0.05) is 31.2 Å². The molecule has 2 saturated heterocycles. The highest BCUT2D eigenvalue weighted by molar-refractivity contribution is 5.72. The number of carbonyl (C=O) groups is 1. The van der Waals surface area contributed by atoms with Crippen molar-refractivity contribution in [3.05, 3.63) is 23.8 Å². The van der Waals surface area contributed by atoms with Gasteiger partial charge in [-0.1, -0.05) is 18.6 Å². The molecule has 0 aliphatic carbocycles. The first-order chi connectivity index (χ1) is 12.1. The maximum Gasteiger partial charge on any atom is 0.344 e. The summed E-state index contributed by atoms with van der Waals surface area (Å²) in [5.41, 5.74) is 0.976. The molecule has 2 fully saturated rings. The first kappa shape index (κ1) is 18.0. The van der Waals surface area contributed by atoms with Gasteiger partial charge in [0.15, 0.2) is 17.6 Å². The molecular weight excluding hydrogens is 320 g/mol. The Morgan fingerprint density at radius 1 is 1.28 bits per heavy atom. The molecule has 6 nitrogen and oxygen atoms in total. The Hall–Kier alpha value is -1.79. The number of benzene rings is 1. The van der Waals surface area contributed by atoms with Gasteiger partial charge in [0.1, 0.15) is 0 Å². The van der Waals surface area contributed by atoms with Gasteiger partial charge >= 0.3 is 5.97 Å². The monoisotopic (exact) mass is 348 g/mol. The summed E-state index contributed by atoms with van der Waals surface area (Å²) >= 11 is 0. The molecule has 1 N–H and O–H groups in total. The number of rotatable bonds is 7. The number of hydrogen-bond donors (Lipinski definition) is 1. The zero-order valence-electron chi connectivity index (χ0n) is 15.1. The predicted octanol–water partition coefficient (Wildman–Crippen LogP) is 2.22. The van der Waals surface area contributed by atoms with Crippen molar-refractivity contribution in [2.75, 3.05) is 33.3 Å². The van der Waals surface area contributed by atoms with Crippen LogP contribution >= 0.6 is 0 Å². The smallest absolute Gasteiger partial charge is 0.344 e. The second kappa shape index (κ2) is 8.06. The molecule has 2 heterocycles. The molecule has 3 rings (SSSR count). The van der Waals surface area contributed by atoms with E-state index in [0.29, 0.717) is 17.5 Å². The lowest BCUT2D eigenvalue weighted by molar-refractivity contribution is -0.144. The molecule has 6 heteroatoms. The van der Waals surface area contributed by atoms with E-state index in [9.17, 15) is 4.79 Å². The maximum absolute atomic E-state index is 11.1. The number of aliphatic carboxylic acids is 1. The molecular formula is C19H28N2O4. The van der Waals surface area contributed by atoms with E-state index in [1.807, 2.05) is 12.1 Å². The van der Waals surface area contributed by atoms with Crippen LogP contribution < -0.4 is 9.47 Å². The first-order valence-corrected chi connectivity index (χ1v) is 9.10. The summed E-state index contributed by atoms with van der Waals surface area (Å²) < 4.78 is 11.1. The lowest BCUT2D eigenvalue weighted by Gasteiger charge is -2.47. The number of likely N-dealkylation sites (tertiary alicyclic amines) is 2. The van der Waals surface area contributed by atoms with Gasteiger partial charge in [-0.3, -0.25) is 9.80 Å². The average Bonchev–Trinajstić information content (AvgIpc) is 2.59. The first-order valence-electron chi connectivity index (χ1n) is 9.10. The van der Waals surface area contributed by atoms with E-state index < -0.39 is 12.1 Å². The van der Waals surface area contributed by atoms with Crippen LogP contribution in [0.25, 0.3) is 0 Å². The molecule has 2 aliphatic heterocycles. The SMILES string of the molecule is COc1cccc(CN2CC(N3CCCCC3)C2)c1OC(C)C(=O)O. The van der Waals surface area contributed by atoms with Crippen LogP contribution in [0.1, 0.15) is 31.7 Å². The Kier molecular flexibility index (Phi) is 5.81. The second-order valence-electron chi connectivity index (χ2n) is 6.99. The number of hydrogen-bond acceptors (Lipinski definition) is 5. The lowest BCUT2D eigenvalue weighted by Crippen LogP contribution is -2.59. The van der Waals surface area contributed by atoms with Crippen LogP contribution in [-0.4, -0.2) is 66.3 Å². The normalized spacial score (nSPS) is 20.7. The number of nitrogens with zero attached hydrogens (tertiary/aromatic N) is 2. The van der Waals surface area contributed by atoms with E-state index in [0.717, 1.165) is 25.2 Å². The highest BCUT2D eigenvalue weighted by Gasteiger charge is 2.33. The van der Waals surface area contributed by atoms with E-state index in [-0.39, 0.29) is 0 Å². The van der Waals surface area contributed by atoms with Crippen LogP contribution in [0.4, 0.5) is 0 Å². The fourth-order valence-corrected chi connectivity index (χ4v) is 3.63. The summed E-state index contributed by atoms with van der Waals surface area (Å²) in [5.74, 6) is 0.144. The van der Waals surface area contributed by atoms with Crippen LogP contribution in [0.5, 0.6) is 11.5 Å². The van der Waals surface area contributed by atoms with Crippen molar-refractivity contribution in [1.82, 2.24) is 9.80 Å². The Morgan fingerprint density at radius 2 is 2.00 bits per heavy atom. The van der Waals surface area contributed by atoms with Gasteiger partial charge in [0.2, 0.25) is 0 Å². The Bertz CT molecular complexity index is 595. The van der Waals surface area contributed by atoms with Gasteiger partial charge in [-0.2, -0.15) is 0 Å². The van der Waals surface area contributed by atoms with Gasteiger partial charge in [-0.15, -0.1) is 0 Å². The Morgan fingerprint density at radius 3 is 2.64 bits per heavy atom. The highest BCUT2D eigenvalue weighted by atomic mass is 16.5. The second-order valence-corrected chi connectivity index (χ2v) is 6.99. The van der Waals surface area contributed by atoms with Crippen molar-refractivity contribution >= 4 is 5.97 Å². The molecule has 0 amide bonds. The summed E-state index contributed by atoms with van der Waals surface area (Å²) in [6, 6.07) is 6.38. The molecule has 0 saturated carbocycles. The number of methoxy groups -OCH3 is 1. The van der Waals surface area contributed by atoms with Gasteiger partial charge in [0.25, 0.3) is 0 Å². The van der Waals surface area contributed by atoms with E-state index in [2.05, 4.69) is 9.80 Å². The third-order valence-electron chi connectivity index (χ3n) is 5.16. The summed E-state index contributed by atoms with van der Waals surface area (Å²) in [6.45, 7) is 6.86. The van der Waals surface area contributed by atoms with Gasteiger partial charge in [-0.05, 0) is 38.9 Å². The fraction of sp³-hybridized carbons (Fsp3) is 0.632. The van der Waals surface area contributed by atoms with Crippen molar-refractivity contribution in [2.24, 2.45) is 0 Å². The van der Waals surface area contributed by atoms with Crippen LogP contribution in [0, 0.1) is 0 Å². The van der Waals surface area contributed by atoms with Crippen molar-refractivity contribution in [3.8, 4) is 11.5 Å². The molecule has 25 heavy (non-hydrogen) atoms.